The summed E-state index contributed by atoms with van der Waals surface area (Å²) >= 11 is 0. The molecule has 0 spiro atoms. The second kappa shape index (κ2) is 7.33. The summed E-state index contributed by atoms with van der Waals surface area (Å²) in [5.41, 5.74) is 0.976. The summed E-state index contributed by atoms with van der Waals surface area (Å²) in [4.78, 5) is 28.7. The van der Waals surface area contributed by atoms with Gasteiger partial charge in [0.05, 0.1) is 26.2 Å². The normalized spacial score (nSPS) is 23.2. The van der Waals surface area contributed by atoms with Gasteiger partial charge in [0.25, 0.3) is 0 Å². The number of hydrogen-bond donors (Lipinski definition) is 0. The smallest absolute Gasteiger partial charge is 0.228 e. The van der Waals surface area contributed by atoms with Crippen LogP contribution in [-0.4, -0.2) is 55.5 Å². The monoisotopic (exact) mass is 346 g/mol. The summed E-state index contributed by atoms with van der Waals surface area (Å²) < 4.78 is 10.8. The van der Waals surface area contributed by atoms with Gasteiger partial charge in [-0.15, -0.1) is 0 Å². The molecule has 0 radical (unpaired) electrons. The van der Waals surface area contributed by atoms with Gasteiger partial charge in [0, 0.05) is 31.6 Å². The highest BCUT2D eigenvalue weighted by atomic mass is 16.5. The lowest BCUT2D eigenvalue weighted by Gasteiger charge is -2.28. The van der Waals surface area contributed by atoms with Crippen molar-refractivity contribution in [3.63, 3.8) is 0 Å². The molecular weight excluding hydrogens is 320 g/mol. The quantitative estimate of drug-likeness (QED) is 0.820. The lowest BCUT2D eigenvalue weighted by atomic mass is 10.0. The third kappa shape index (κ3) is 3.30. The van der Waals surface area contributed by atoms with Crippen LogP contribution in [0.25, 0.3) is 0 Å². The van der Waals surface area contributed by atoms with Gasteiger partial charge in [-0.2, -0.15) is 0 Å². The molecule has 0 aliphatic carbocycles. The molecule has 136 valence electrons. The molecular formula is C19H26N2O4. The van der Waals surface area contributed by atoms with Crippen molar-refractivity contribution in [2.24, 2.45) is 5.92 Å². The van der Waals surface area contributed by atoms with Gasteiger partial charge in [0.2, 0.25) is 11.8 Å². The molecule has 2 amide bonds. The van der Waals surface area contributed by atoms with Gasteiger partial charge in [-0.05, 0) is 38.0 Å². The molecule has 0 unspecified atom stereocenters. The van der Waals surface area contributed by atoms with Gasteiger partial charge in [-0.3, -0.25) is 9.59 Å². The van der Waals surface area contributed by atoms with E-state index in [1.807, 2.05) is 30.0 Å². The van der Waals surface area contributed by atoms with Gasteiger partial charge < -0.3 is 19.3 Å². The van der Waals surface area contributed by atoms with Gasteiger partial charge in [-0.1, -0.05) is 0 Å². The summed E-state index contributed by atoms with van der Waals surface area (Å²) in [5, 5.41) is 0. The zero-order valence-corrected chi connectivity index (χ0v) is 15.2. The van der Waals surface area contributed by atoms with Crippen LogP contribution in [0, 0.1) is 5.92 Å². The van der Waals surface area contributed by atoms with Gasteiger partial charge >= 0.3 is 0 Å². The second-order valence-corrected chi connectivity index (χ2v) is 6.63. The predicted octanol–water partition coefficient (Wildman–Crippen LogP) is 2.24. The van der Waals surface area contributed by atoms with E-state index in [2.05, 4.69) is 0 Å². The molecule has 2 aliphatic rings. The van der Waals surface area contributed by atoms with Crippen LogP contribution in [0.15, 0.2) is 18.2 Å². The van der Waals surface area contributed by atoms with Gasteiger partial charge in [0.15, 0.2) is 0 Å². The number of benzene rings is 1. The summed E-state index contributed by atoms with van der Waals surface area (Å²) in [7, 11) is 3.27. The molecule has 0 bridgehead atoms. The summed E-state index contributed by atoms with van der Waals surface area (Å²) in [6, 6.07) is 5.67. The number of hydrogen-bond acceptors (Lipinski definition) is 4. The largest absolute Gasteiger partial charge is 0.497 e. The molecule has 1 aromatic rings. The van der Waals surface area contributed by atoms with Crippen LogP contribution in [0.1, 0.15) is 37.8 Å². The Hall–Kier alpha value is -2.24. The van der Waals surface area contributed by atoms with Gasteiger partial charge in [0.1, 0.15) is 11.5 Å². The first-order valence-corrected chi connectivity index (χ1v) is 8.89. The van der Waals surface area contributed by atoms with Crippen molar-refractivity contribution >= 4 is 11.8 Å². The Morgan fingerprint density at radius 1 is 1.28 bits per heavy atom. The Morgan fingerprint density at radius 2 is 2.08 bits per heavy atom. The van der Waals surface area contributed by atoms with E-state index >= 15 is 0 Å². The lowest BCUT2D eigenvalue weighted by Crippen LogP contribution is -2.37. The van der Waals surface area contributed by atoms with E-state index in [0.29, 0.717) is 19.5 Å². The van der Waals surface area contributed by atoms with Crippen molar-refractivity contribution in [2.75, 3.05) is 33.9 Å². The highest BCUT2D eigenvalue weighted by Crippen LogP contribution is 2.40. The maximum atomic E-state index is 13.1. The van der Waals surface area contributed by atoms with E-state index in [4.69, 9.17) is 9.47 Å². The Kier molecular flexibility index (Phi) is 5.16. The highest BCUT2D eigenvalue weighted by Gasteiger charge is 2.40. The SMILES string of the molecule is CCN1C[C@H](C(=O)N2CCC[C@H]2c2cc(OC)ccc2OC)CC1=O. The fourth-order valence-corrected chi connectivity index (χ4v) is 3.93. The van der Waals surface area contributed by atoms with Crippen molar-refractivity contribution in [1.29, 1.82) is 0 Å². The van der Waals surface area contributed by atoms with Crippen LogP contribution in [0.3, 0.4) is 0 Å². The minimum atomic E-state index is -0.232. The minimum Gasteiger partial charge on any atom is -0.497 e. The summed E-state index contributed by atoms with van der Waals surface area (Å²) in [5.74, 6) is 1.45. The molecule has 6 nitrogen and oxygen atoms in total. The number of nitrogens with zero attached hydrogens (tertiary/aromatic N) is 2. The zero-order valence-electron chi connectivity index (χ0n) is 15.2. The molecule has 0 N–H and O–H groups in total. The van der Waals surface area contributed by atoms with Crippen molar-refractivity contribution in [3.05, 3.63) is 23.8 Å². The Bertz CT molecular complexity index is 661. The number of carbonyl (C=O) groups is 2. The minimum absolute atomic E-state index is 0.0247. The first kappa shape index (κ1) is 17.6. The molecule has 6 heteroatoms. The molecule has 2 heterocycles. The van der Waals surface area contributed by atoms with E-state index in [-0.39, 0.29) is 23.8 Å². The number of ether oxygens (including phenoxy) is 2. The fraction of sp³-hybridized carbons (Fsp3) is 0.579. The van der Waals surface area contributed by atoms with Crippen LogP contribution in [0.4, 0.5) is 0 Å². The highest BCUT2D eigenvalue weighted by molar-refractivity contribution is 5.89. The van der Waals surface area contributed by atoms with E-state index in [0.717, 1.165) is 36.4 Å². The number of carbonyl (C=O) groups excluding carboxylic acids is 2. The van der Waals surface area contributed by atoms with Crippen LogP contribution >= 0.6 is 0 Å². The first-order valence-electron chi connectivity index (χ1n) is 8.89. The first-order chi connectivity index (χ1) is 12.1. The zero-order chi connectivity index (χ0) is 18.0. The van der Waals surface area contributed by atoms with Gasteiger partial charge in [-0.25, -0.2) is 0 Å². The molecule has 25 heavy (non-hydrogen) atoms. The molecule has 2 saturated heterocycles. The number of rotatable bonds is 5. The topological polar surface area (TPSA) is 59.1 Å². The average Bonchev–Trinajstić information content (AvgIpc) is 3.27. The summed E-state index contributed by atoms with van der Waals surface area (Å²) in [6.07, 6.45) is 2.17. The lowest BCUT2D eigenvalue weighted by molar-refractivity contribution is -0.136. The van der Waals surface area contributed by atoms with Crippen LogP contribution in [0.2, 0.25) is 0 Å². The van der Waals surface area contributed by atoms with E-state index in [1.54, 1.807) is 19.1 Å². The molecule has 2 atom stereocenters. The average molecular weight is 346 g/mol. The summed E-state index contributed by atoms with van der Waals surface area (Å²) in [6.45, 7) is 3.87. The molecule has 0 saturated carbocycles. The van der Waals surface area contributed by atoms with E-state index in [9.17, 15) is 9.59 Å². The van der Waals surface area contributed by atoms with E-state index in [1.165, 1.54) is 0 Å². The fourth-order valence-electron chi connectivity index (χ4n) is 3.93. The number of amides is 2. The third-order valence-corrected chi connectivity index (χ3v) is 5.28. The van der Waals surface area contributed by atoms with Crippen LogP contribution in [0.5, 0.6) is 11.5 Å². The maximum absolute atomic E-state index is 13.1. The number of likely N-dealkylation sites (tertiary alicyclic amines) is 2. The van der Waals surface area contributed by atoms with Crippen LogP contribution < -0.4 is 9.47 Å². The van der Waals surface area contributed by atoms with E-state index < -0.39 is 0 Å². The Morgan fingerprint density at radius 3 is 2.72 bits per heavy atom. The molecule has 2 fully saturated rings. The van der Waals surface area contributed by atoms with Crippen LogP contribution in [-0.2, 0) is 9.59 Å². The second-order valence-electron chi connectivity index (χ2n) is 6.63. The standard InChI is InChI=1S/C19H26N2O4/c1-4-20-12-13(10-18(20)22)19(23)21-9-5-6-16(21)15-11-14(24-2)7-8-17(15)25-3/h7-8,11,13,16H,4-6,9-10,12H2,1-3H3/t13-,16+/m1/s1. The molecule has 1 aromatic carbocycles. The van der Waals surface area contributed by atoms with Crippen molar-refractivity contribution in [2.45, 2.75) is 32.2 Å². The maximum Gasteiger partial charge on any atom is 0.228 e. The Balaban J connectivity index is 1.83. The number of methoxy groups -OCH3 is 2. The van der Waals surface area contributed by atoms with Crippen molar-refractivity contribution in [1.82, 2.24) is 9.80 Å². The molecule has 0 aromatic heterocycles. The molecule has 3 rings (SSSR count). The van der Waals surface area contributed by atoms with Crippen molar-refractivity contribution in [3.8, 4) is 11.5 Å². The predicted molar refractivity (Wildman–Crippen MR) is 93.6 cm³/mol. The Labute approximate surface area is 148 Å². The third-order valence-electron chi connectivity index (χ3n) is 5.28. The molecule has 2 aliphatic heterocycles. The van der Waals surface area contributed by atoms with Crippen molar-refractivity contribution < 1.29 is 19.1 Å².